The number of carbonyl (C=O) groups excluding carboxylic acids is 2. The first-order valence-corrected chi connectivity index (χ1v) is 9.46. The standard InChI is InChI=1S/C20H17ClN2O3S/c1-12(2)26-19(25)14-6-9-16-17(11-14)27-20(22-16)23-18(24)10-5-13-3-7-15(21)8-4-13/h3-12H,1-2H3,(H,22,23,24)/b10-5+. The Balaban J connectivity index is 1.70. The molecule has 0 saturated heterocycles. The summed E-state index contributed by atoms with van der Waals surface area (Å²) in [5, 5.41) is 3.84. The number of nitrogens with zero attached hydrogens (tertiary/aromatic N) is 1. The third-order valence-corrected chi connectivity index (χ3v) is 4.68. The van der Waals surface area contributed by atoms with E-state index in [0.717, 1.165) is 10.3 Å². The number of nitrogens with one attached hydrogen (secondary N) is 1. The van der Waals surface area contributed by atoms with Crippen molar-refractivity contribution in [3.05, 3.63) is 64.7 Å². The van der Waals surface area contributed by atoms with E-state index in [0.29, 0.717) is 21.2 Å². The molecule has 1 N–H and O–H groups in total. The largest absolute Gasteiger partial charge is 0.459 e. The van der Waals surface area contributed by atoms with Crippen molar-refractivity contribution in [1.29, 1.82) is 0 Å². The van der Waals surface area contributed by atoms with Crippen LogP contribution in [0, 0.1) is 0 Å². The minimum absolute atomic E-state index is 0.183. The second kappa shape index (κ2) is 8.33. The molecule has 1 heterocycles. The van der Waals surface area contributed by atoms with Gasteiger partial charge in [0.1, 0.15) is 0 Å². The molecule has 1 aromatic heterocycles. The van der Waals surface area contributed by atoms with E-state index in [1.807, 2.05) is 12.1 Å². The fourth-order valence-corrected chi connectivity index (χ4v) is 3.31. The van der Waals surface area contributed by atoms with Crippen LogP contribution in [0.5, 0.6) is 0 Å². The van der Waals surface area contributed by atoms with E-state index in [4.69, 9.17) is 16.3 Å². The van der Waals surface area contributed by atoms with Crippen LogP contribution in [0.2, 0.25) is 5.02 Å². The smallest absolute Gasteiger partial charge is 0.338 e. The topological polar surface area (TPSA) is 68.3 Å². The van der Waals surface area contributed by atoms with Crippen molar-refractivity contribution in [2.75, 3.05) is 5.32 Å². The van der Waals surface area contributed by atoms with E-state index < -0.39 is 0 Å². The van der Waals surface area contributed by atoms with Gasteiger partial charge in [0.25, 0.3) is 0 Å². The Bertz CT molecular complexity index is 1010. The zero-order valence-corrected chi connectivity index (χ0v) is 16.3. The Morgan fingerprint density at radius 1 is 1.19 bits per heavy atom. The summed E-state index contributed by atoms with van der Waals surface area (Å²) >= 11 is 7.13. The fourth-order valence-electron chi connectivity index (χ4n) is 2.28. The van der Waals surface area contributed by atoms with E-state index in [-0.39, 0.29) is 18.0 Å². The fraction of sp³-hybridized carbons (Fsp3) is 0.150. The van der Waals surface area contributed by atoms with Crippen LogP contribution in [0.25, 0.3) is 16.3 Å². The van der Waals surface area contributed by atoms with Gasteiger partial charge in [-0.05, 0) is 55.8 Å². The lowest BCUT2D eigenvalue weighted by Crippen LogP contribution is -2.11. The van der Waals surface area contributed by atoms with Crippen molar-refractivity contribution in [3.8, 4) is 0 Å². The average Bonchev–Trinajstić information content (AvgIpc) is 3.01. The molecule has 3 rings (SSSR count). The molecule has 0 radical (unpaired) electrons. The summed E-state index contributed by atoms with van der Waals surface area (Å²) in [6.07, 6.45) is 2.94. The number of benzene rings is 2. The lowest BCUT2D eigenvalue weighted by Gasteiger charge is -2.07. The van der Waals surface area contributed by atoms with Crippen LogP contribution >= 0.6 is 22.9 Å². The number of rotatable bonds is 5. The first kappa shape index (κ1) is 19.1. The number of anilines is 1. The van der Waals surface area contributed by atoms with Gasteiger partial charge < -0.3 is 4.74 Å². The molecule has 0 bridgehead atoms. The van der Waals surface area contributed by atoms with Gasteiger partial charge in [0.05, 0.1) is 21.9 Å². The highest BCUT2D eigenvalue weighted by Crippen LogP contribution is 2.27. The molecule has 0 aliphatic rings. The van der Waals surface area contributed by atoms with Gasteiger partial charge in [-0.2, -0.15) is 0 Å². The van der Waals surface area contributed by atoms with Crippen LogP contribution in [-0.4, -0.2) is 23.0 Å². The molecule has 0 aliphatic heterocycles. The number of aromatic nitrogens is 1. The summed E-state index contributed by atoms with van der Waals surface area (Å²) in [5.74, 6) is -0.666. The summed E-state index contributed by atoms with van der Waals surface area (Å²) < 4.78 is 5.99. The molecule has 2 aromatic carbocycles. The van der Waals surface area contributed by atoms with E-state index in [1.54, 1.807) is 50.3 Å². The van der Waals surface area contributed by atoms with Gasteiger partial charge in [-0.3, -0.25) is 10.1 Å². The number of esters is 1. The van der Waals surface area contributed by atoms with Crippen LogP contribution < -0.4 is 5.32 Å². The van der Waals surface area contributed by atoms with Crippen LogP contribution in [-0.2, 0) is 9.53 Å². The second-order valence-electron chi connectivity index (χ2n) is 6.03. The lowest BCUT2D eigenvalue weighted by atomic mass is 10.2. The molecule has 27 heavy (non-hydrogen) atoms. The average molecular weight is 401 g/mol. The molecular formula is C20H17ClN2O3S. The predicted octanol–water partition coefficient (Wildman–Crippen LogP) is 5.17. The molecular weight excluding hydrogens is 384 g/mol. The summed E-state index contributed by atoms with van der Waals surface area (Å²) in [6, 6.07) is 12.3. The van der Waals surface area contributed by atoms with Gasteiger partial charge in [-0.25, -0.2) is 9.78 Å². The van der Waals surface area contributed by atoms with Crippen LogP contribution in [0.4, 0.5) is 5.13 Å². The minimum atomic E-state index is -0.378. The summed E-state index contributed by atoms with van der Waals surface area (Å²) in [4.78, 5) is 28.5. The molecule has 0 atom stereocenters. The van der Waals surface area contributed by atoms with Crippen molar-refractivity contribution in [2.24, 2.45) is 0 Å². The maximum Gasteiger partial charge on any atom is 0.338 e. The maximum atomic E-state index is 12.1. The number of amides is 1. The van der Waals surface area contributed by atoms with E-state index in [9.17, 15) is 9.59 Å². The van der Waals surface area contributed by atoms with E-state index in [1.165, 1.54) is 17.4 Å². The van der Waals surface area contributed by atoms with E-state index in [2.05, 4.69) is 10.3 Å². The number of halogens is 1. The molecule has 138 valence electrons. The maximum absolute atomic E-state index is 12.1. The van der Waals surface area contributed by atoms with Gasteiger partial charge in [0.2, 0.25) is 5.91 Å². The molecule has 7 heteroatoms. The number of thiazole rings is 1. The molecule has 3 aromatic rings. The van der Waals surface area contributed by atoms with Crippen LogP contribution in [0.1, 0.15) is 29.8 Å². The molecule has 1 amide bonds. The van der Waals surface area contributed by atoms with Gasteiger partial charge in [0.15, 0.2) is 5.13 Å². The number of fused-ring (bicyclic) bond motifs is 1. The van der Waals surface area contributed by atoms with Gasteiger partial charge >= 0.3 is 5.97 Å². The molecule has 0 aliphatic carbocycles. The number of carbonyl (C=O) groups is 2. The molecule has 5 nitrogen and oxygen atoms in total. The first-order valence-electron chi connectivity index (χ1n) is 8.27. The SMILES string of the molecule is CC(C)OC(=O)c1ccc2nc(NC(=O)/C=C/c3ccc(Cl)cc3)sc2c1. The summed E-state index contributed by atoms with van der Waals surface area (Å²) in [5.41, 5.74) is 2.03. The number of ether oxygens (including phenoxy) is 1. The Kier molecular flexibility index (Phi) is 5.88. The quantitative estimate of drug-likeness (QED) is 0.474. The van der Waals surface area contributed by atoms with Gasteiger partial charge in [-0.1, -0.05) is 35.1 Å². The zero-order valence-electron chi connectivity index (χ0n) is 14.7. The number of hydrogen-bond acceptors (Lipinski definition) is 5. The zero-order chi connectivity index (χ0) is 19.4. The lowest BCUT2D eigenvalue weighted by molar-refractivity contribution is -0.111. The third kappa shape index (κ3) is 5.15. The van der Waals surface area contributed by atoms with Crippen molar-refractivity contribution in [2.45, 2.75) is 20.0 Å². The molecule has 0 fully saturated rings. The highest BCUT2D eigenvalue weighted by molar-refractivity contribution is 7.22. The van der Waals surface area contributed by atoms with Crippen molar-refractivity contribution in [1.82, 2.24) is 4.98 Å². The molecule has 0 unspecified atom stereocenters. The van der Waals surface area contributed by atoms with Crippen molar-refractivity contribution < 1.29 is 14.3 Å². The Labute approximate surface area is 165 Å². The van der Waals surface area contributed by atoms with Crippen molar-refractivity contribution in [3.63, 3.8) is 0 Å². The van der Waals surface area contributed by atoms with Crippen molar-refractivity contribution >= 4 is 56.2 Å². The normalized spacial score (nSPS) is 11.3. The van der Waals surface area contributed by atoms with E-state index >= 15 is 0 Å². The summed E-state index contributed by atoms with van der Waals surface area (Å²) in [6.45, 7) is 3.60. The monoisotopic (exact) mass is 400 g/mol. The summed E-state index contributed by atoms with van der Waals surface area (Å²) in [7, 11) is 0. The number of hydrogen-bond donors (Lipinski definition) is 1. The van der Waals surface area contributed by atoms with Crippen LogP contribution in [0.3, 0.4) is 0 Å². The predicted molar refractivity (Wildman–Crippen MR) is 109 cm³/mol. The Hall–Kier alpha value is -2.70. The Morgan fingerprint density at radius 2 is 1.93 bits per heavy atom. The van der Waals surface area contributed by atoms with Gasteiger partial charge in [-0.15, -0.1) is 0 Å². The minimum Gasteiger partial charge on any atom is -0.459 e. The third-order valence-electron chi connectivity index (χ3n) is 3.49. The molecule has 0 saturated carbocycles. The van der Waals surface area contributed by atoms with Gasteiger partial charge in [0, 0.05) is 11.1 Å². The Morgan fingerprint density at radius 3 is 2.63 bits per heavy atom. The highest BCUT2D eigenvalue weighted by Gasteiger charge is 2.12. The second-order valence-corrected chi connectivity index (χ2v) is 7.50. The first-order chi connectivity index (χ1) is 12.9. The molecule has 0 spiro atoms. The highest BCUT2D eigenvalue weighted by atomic mass is 35.5. The van der Waals surface area contributed by atoms with Crippen LogP contribution in [0.15, 0.2) is 48.5 Å².